The summed E-state index contributed by atoms with van der Waals surface area (Å²) in [6, 6.07) is 0. The third-order valence-corrected chi connectivity index (χ3v) is 4.04. The molecule has 1 fully saturated rings. The Labute approximate surface area is 123 Å². The van der Waals surface area contributed by atoms with Crippen LogP contribution in [-0.2, 0) is 38.6 Å². The quantitative estimate of drug-likeness (QED) is 0.616. The maximum Gasteiger partial charge on any atom is 0.397 e. The van der Waals surface area contributed by atoms with Gasteiger partial charge in [0, 0.05) is 13.0 Å². The van der Waals surface area contributed by atoms with Crippen molar-refractivity contribution in [1.29, 1.82) is 0 Å². The van der Waals surface area contributed by atoms with Gasteiger partial charge < -0.3 is 9.47 Å². The van der Waals surface area contributed by atoms with Crippen LogP contribution in [0.2, 0.25) is 0 Å². The largest absolute Gasteiger partial charge is 0.397 e. The first-order valence-corrected chi connectivity index (χ1v) is 8.71. The van der Waals surface area contributed by atoms with Crippen LogP contribution in [0.25, 0.3) is 0 Å². The summed E-state index contributed by atoms with van der Waals surface area (Å²) < 4.78 is 80.4. The van der Waals surface area contributed by atoms with Crippen LogP contribution in [-0.4, -0.2) is 57.7 Å². The normalized spacial score (nSPS) is 34.8. The van der Waals surface area contributed by atoms with E-state index in [1.165, 1.54) is 14.0 Å². The Hall–Kier alpha value is -0.340. The smallest absolute Gasteiger partial charge is 0.353 e. The highest BCUT2D eigenvalue weighted by molar-refractivity contribution is 7.81. The molecule has 5 atom stereocenters. The molecule has 0 aromatic carbocycles. The van der Waals surface area contributed by atoms with Crippen molar-refractivity contribution >= 4 is 20.8 Å². The van der Waals surface area contributed by atoms with Crippen molar-refractivity contribution in [3.63, 3.8) is 0 Å². The number of hydrogen-bond acceptors (Lipinski definition) is 8. The molecule has 1 rings (SSSR count). The zero-order chi connectivity index (χ0) is 16.4. The second kappa shape index (κ2) is 6.83. The molecule has 0 amide bonds. The summed E-state index contributed by atoms with van der Waals surface area (Å²) in [4.78, 5) is 0. The molecule has 1 aliphatic rings. The lowest BCUT2D eigenvalue weighted by molar-refractivity contribution is -0.265. The lowest BCUT2D eigenvalue weighted by atomic mass is 9.89. The number of hydrogen-bond donors (Lipinski definition) is 2. The van der Waals surface area contributed by atoms with Crippen LogP contribution in [0.15, 0.2) is 0 Å². The van der Waals surface area contributed by atoms with Gasteiger partial charge in [0.05, 0.1) is 6.10 Å². The first kappa shape index (κ1) is 18.7. The van der Waals surface area contributed by atoms with Crippen molar-refractivity contribution in [3.05, 3.63) is 0 Å². The summed E-state index contributed by atoms with van der Waals surface area (Å²) in [6.45, 7) is 3.28. The molecule has 21 heavy (non-hydrogen) atoms. The van der Waals surface area contributed by atoms with E-state index in [0.29, 0.717) is 6.42 Å². The Morgan fingerprint density at radius 2 is 1.52 bits per heavy atom. The zero-order valence-corrected chi connectivity index (χ0v) is 13.2. The lowest BCUT2D eigenvalue weighted by Gasteiger charge is -2.42. The summed E-state index contributed by atoms with van der Waals surface area (Å²) in [7, 11) is -8.62. The molecule has 1 saturated heterocycles. The Balaban J connectivity index is 3.16. The van der Waals surface area contributed by atoms with Gasteiger partial charge in [-0.1, -0.05) is 13.8 Å². The summed E-state index contributed by atoms with van der Waals surface area (Å²) in [5.74, 6) is -0.657. The van der Waals surface area contributed by atoms with E-state index in [1.54, 1.807) is 6.92 Å². The van der Waals surface area contributed by atoms with Gasteiger partial charge in [0.15, 0.2) is 12.4 Å². The molecule has 1 heterocycles. The molecule has 0 aliphatic carbocycles. The third kappa shape index (κ3) is 5.41. The number of methoxy groups -OCH3 is 1. The van der Waals surface area contributed by atoms with Gasteiger partial charge in [-0.3, -0.25) is 9.11 Å². The van der Waals surface area contributed by atoms with Crippen LogP contribution in [0.3, 0.4) is 0 Å². The maximum absolute atomic E-state index is 10.9. The predicted octanol–water partition coefficient (Wildman–Crippen LogP) is -0.220. The molecule has 10 nitrogen and oxygen atoms in total. The van der Waals surface area contributed by atoms with Gasteiger partial charge in [-0.05, 0) is 6.42 Å². The monoisotopic (exact) mass is 350 g/mol. The minimum absolute atomic E-state index is 0.449. The Bertz CT molecular complexity index is 541. The molecule has 126 valence electrons. The SMILES string of the molecule is CCC1OC(OC)C(OS(=O)(=O)O)C(OS(=O)(=O)O)C1C. The van der Waals surface area contributed by atoms with E-state index < -0.39 is 51.3 Å². The fraction of sp³-hybridized carbons (Fsp3) is 1.00. The van der Waals surface area contributed by atoms with Crippen molar-refractivity contribution in [2.45, 2.75) is 44.9 Å². The molecule has 0 aromatic rings. The van der Waals surface area contributed by atoms with E-state index in [9.17, 15) is 16.8 Å². The van der Waals surface area contributed by atoms with E-state index in [-0.39, 0.29) is 0 Å². The van der Waals surface area contributed by atoms with E-state index in [1.807, 2.05) is 0 Å². The molecule has 5 unspecified atom stereocenters. The average molecular weight is 350 g/mol. The van der Waals surface area contributed by atoms with Crippen molar-refractivity contribution in [2.24, 2.45) is 5.92 Å². The van der Waals surface area contributed by atoms with Crippen LogP contribution in [0.1, 0.15) is 20.3 Å². The molecule has 12 heteroatoms. The molecule has 0 saturated carbocycles. The second-order valence-corrected chi connectivity index (χ2v) is 6.62. The van der Waals surface area contributed by atoms with Gasteiger partial charge >= 0.3 is 20.8 Å². The molecule has 0 spiro atoms. The van der Waals surface area contributed by atoms with Crippen LogP contribution < -0.4 is 0 Å². The van der Waals surface area contributed by atoms with Gasteiger partial charge in [-0.2, -0.15) is 16.8 Å². The van der Waals surface area contributed by atoms with Crippen LogP contribution in [0, 0.1) is 5.92 Å². The van der Waals surface area contributed by atoms with E-state index in [4.69, 9.17) is 18.6 Å². The Morgan fingerprint density at radius 1 is 1.05 bits per heavy atom. The fourth-order valence-electron chi connectivity index (χ4n) is 2.22. The predicted molar refractivity (Wildman–Crippen MR) is 68.0 cm³/mol. The standard InChI is InChI=1S/C9H18O10S2/c1-4-6-5(2)7(18-20(10,11)12)8(9(16-3)17-6)19-21(13,14)15/h5-9H,4H2,1-3H3,(H,10,11,12)(H,13,14,15). The minimum atomic E-state index is -4.92. The van der Waals surface area contributed by atoms with Crippen LogP contribution in [0.4, 0.5) is 0 Å². The van der Waals surface area contributed by atoms with Crippen LogP contribution in [0.5, 0.6) is 0 Å². The molecule has 0 bridgehead atoms. The summed E-state index contributed by atoms with van der Waals surface area (Å²) in [5, 5.41) is 0. The summed E-state index contributed by atoms with van der Waals surface area (Å²) >= 11 is 0. The van der Waals surface area contributed by atoms with E-state index in [2.05, 4.69) is 8.37 Å². The van der Waals surface area contributed by atoms with E-state index >= 15 is 0 Å². The average Bonchev–Trinajstić information content (AvgIpc) is 2.31. The Kier molecular flexibility index (Phi) is 6.08. The van der Waals surface area contributed by atoms with Gasteiger partial charge in [-0.25, -0.2) is 8.37 Å². The first-order chi connectivity index (χ1) is 9.48. The van der Waals surface area contributed by atoms with Gasteiger partial charge in [0.25, 0.3) is 0 Å². The molecule has 1 aliphatic heterocycles. The number of rotatable bonds is 6. The second-order valence-electron chi connectivity index (χ2n) is 4.52. The van der Waals surface area contributed by atoms with Crippen molar-refractivity contribution in [1.82, 2.24) is 0 Å². The minimum Gasteiger partial charge on any atom is -0.353 e. The topological polar surface area (TPSA) is 146 Å². The molecule has 2 N–H and O–H groups in total. The van der Waals surface area contributed by atoms with E-state index in [0.717, 1.165) is 0 Å². The van der Waals surface area contributed by atoms with Gasteiger partial charge in [0.1, 0.15) is 6.10 Å². The molecular weight excluding hydrogens is 332 g/mol. The first-order valence-electron chi connectivity index (χ1n) is 5.98. The molecule has 0 radical (unpaired) electrons. The molecular formula is C9H18O10S2. The maximum atomic E-state index is 10.9. The van der Waals surface area contributed by atoms with Crippen molar-refractivity contribution < 1.29 is 43.8 Å². The van der Waals surface area contributed by atoms with Crippen LogP contribution >= 0.6 is 0 Å². The highest BCUT2D eigenvalue weighted by atomic mass is 32.3. The fourth-order valence-corrected chi connectivity index (χ4v) is 3.27. The lowest BCUT2D eigenvalue weighted by Crippen LogP contribution is -2.57. The third-order valence-electron chi connectivity index (χ3n) is 3.11. The number of ether oxygens (including phenoxy) is 2. The highest BCUT2D eigenvalue weighted by Gasteiger charge is 2.48. The molecule has 0 aromatic heterocycles. The van der Waals surface area contributed by atoms with Crippen molar-refractivity contribution in [3.8, 4) is 0 Å². The van der Waals surface area contributed by atoms with Gasteiger partial charge in [0.2, 0.25) is 0 Å². The van der Waals surface area contributed by atoms with Gasteiger partial charge in [-0.15, -0.1) is 0 Å². The Morgan fingerprint density at radius 3 is 1.90 bits per heavy atom. The zero-order valence-electron chi connectivity index (χ0n) is 11.6. The highest BCUT2D eigenvalue weighted by Crippen LogP contribution is 2.33. The van der Waals surface area contributed by atoms with Crippen molar-refractivity contribution in [2.75, 3.05) is 7.11 Å². The summed E-state index contributed by atoms with van der Waals surface area (Å²) in [6.07, 6.45) is -4.41. The summed E-state index contributed by atoms with van der Waals surface area (Å²) in [5.41, 5.74) is 0.